The number of pyridine rings is 2. The van der Waals surface area contributed by atoms with E-state index in [4.69, 9.17) is 0 Å². The number of fused-ring (bicyclic) bond motifs is 1. The van der Waals surface area contributed by atoms with Gasteiger partial charge >= 0.3 is 0 Å². The van der Waals surface area contributed by atoms with Crippen LogP contribution in [0.15, 0.2) is 47.9 Å². The van der Waals surface area contributed by atoms with Crippen LogP contribution in [0.1, 0.15) is 25.3 Å². The van der Waals surface area contributed by atoms with Gasteiger partial charge < -0.3 is 0 Å². The largest absolute Gasteiger partial charge is 0.279 e. The van der Waals surface area contributed by atoms with Crippen LogP contribution in [0.5, 0.6) is 0 Å². The van der Waals surface area contributed by atoms with Crippen molar-refractivity contribution in [2.45, 2.75) is 30.3 Å². The van der Waals surface area contributed by atoms with Crippen molar-refractivity contribution >= 4 is 26.7 Å². The Bertz CT molecular complexity index is 957. The summed E-state index contributed by atoms with van der Waals surface area (Å²) < 4.78 is 29.7. The fraction of sp³-hybridized carbons (Fsp3) is 0.267. The summed E-state index contributed by atoms with van der Waals surface area (Å²) in [6.07, 6.45) is 7.73. The van der Waals surface area contributed by atoms with E-state index >= 15 is 0 Å². The molecule has 7 nitrogen and oxygen atoms in total. The van der Waals surface area contributed by atoms with Gasteiger partial charge in [0.1, 0.15) is 5.52 Å². The first kappa shape index (κ1) is 14.1. The summed E-state index contributed by atoms with van der Waals surface area (Å²) in [7, 11) is -3.73. The molecule has 1 N–H and O–H groups in total. The number of aromatic nitrogens is 4. The average Bonchev–Trinajstić information content (AvgIpc) is 2.95. The van der Waals surface area contributed by atoms with Gasteiger partial charge in [0.05, 0.1) is 23.4 Å². The van der Waals surface area contributed by atoms with Crippen molar-refractivity contribution in [1.82, 2.24) is 19.7 Å². The van der Waals surface area contributed by atoms with E-state index in [2.05, 4.69) is 19.8 Å². The van der Waals surface area contributed by atoms with Crippen LogP contribution in [-0.2, 0) is 10.0 Å². The Morgan fingerprint density at radius 3 is 2.74 bits per heavy atom. The first-order chi connectivity index (χ1) is 11.1. The number of anilines is 1. The highest BCUT2D eigenvalue weighted by Gasteiger charge is 2.28. The minimum atomic E-state index is -3.73. The molecule has 0 amide bonds. The summed E-state index contributed by atoms with van der Waals surface area (Å²) in [5.74, 6) is 0. The Labute approximate surface area is 133 Å². The first-order valence-electron chi connectivity index (χ1n) is 7.41. The van der Waals surface area contributed by atoms with Gasteiger partial charge in [-0.1, -0.05) is 0 Å². The lowest BCUT2D eigenvalue weighted by Gasteiger charge is -2.27. The summed E-state index contributed by atoms with van der Waals surface area (Å²) in [5.41, 5.74) is 1.57. The van der Waals surface area contributed by atoms with Gasteiger partial charge in [-0.2, -0.15) is 13.5 Å². The van der Waals surface area contributed by atoms with Crippen LogP contribution < -0.4 is 4.72 Å². The SMILES string of the molecule is O=S(=O)(Nc1ccnc2cccnc12)c1ccnn1C1CCC1. The van der Waals surface area contributed by atoms with E-state index in [9.17, 15) is 8.42 Å². The molecule has 23 heavy (non-hydrogen) atoms. The van der Waals surface area contributed by atoms with Gasteiger partial charge in [0.2, 0.25) is 0 Å². The minimum absolute atomic E-state index is 0.170. The monoisotopic (exact) mass is 329 g/mol. The molecule has 1 fully saturated rings. The molecule has 1 saturated carbocycles. The van der Waals surface area contributed by atoms with Crippen molar-refractivity contribution in [1.29, 1.82) is 0 Å². The second kappa shape index (κ2) is 5.31. The predicted molar refractivity (Wildman–Crippen MR) is 85.5 cm³/mol. The van der Waals surface area contributed by atoms with Gasteiger partial charge in [-0.15, -0.1) is 0 Å². The van der Waals surface area contributed by atoms with E-state index in [1.165, 1.54) is 12.3 Å². The second-order valence-electron chi connectivity index (χ2n) is 5.53. The highest BCUT2D eigenvalue weighted by atomic mass is 32.2. The second-order valence-corrected chi connectivity index (χ2v) is 7.16. The fourth-order valence-corrected chi connectivity index (χ4v) is 3.92. The molecule has 0 unspecified atom stereocenters. The molecule has 0 aromatic carbocycles. The van der Waals surface area contributed by atoms with Crippen molar-refractivity contribution in [3.63, 3.8) is 0 Å². The standard InChI is InChI=1S/C15H15N5O2S/c21-23(22,14-7-10-18-20(14)11-3-1-4-11)19-13-6-9-16-12-5-2-8-17-15(12)13/h2,5-11H,1,3-4H2,(H,16,19). The molecule has 1 aliphatic rings. The van der Waals surface area contributed by atoms with Crippen molar-refractivity contribution in [3.8, 4) is 0 Å². The molecule has 0 spiro atoms. The molecule has 0 atom stereocenters. The predicted octanol–water partition coefficient (Wildman–Crippen LogP) is 2.35. The van der Waals surface area contributed by atoms with Gasteiger partial charge in [-0.25, -0.2) is 4.68 Å². The zero-order valence-corrected chi connectivity index (χ0v) is 13.1. The lowest BCUT2D eigenvalue weighted by atomic mass is 9.93. The highest BCUT2D eigenvalue weighted by Crippen LogP contribution is 2.33. The Morgan fingerprint density at radius 1 is 1.09 bits per heavy atom. The smallest absolute Gasteiger partial charge is 0.276 e. The fourth-order valence-electron chi connectivity index (χ4n) is 2.68. The van der Waals surface area contributed by atoms with E-state index in [1.54, 1.807) is 35.3 Å². The number of nitrogens with zero attached hydrogens (tertiary/aromatic N) is 4. The number of hydrogen-bond acceptors (Lipinski definition) is 5. The summed E-state index contributed by atoms with van der Waals surface area (Å²) in [6, 6.07) is 6.86. The topological polar surface area (TPSA) is 89.8 Å². The summed E-state index contributed by atoms with van der Waals surface area (Å²) in [6.45, 7) is 0. The highest BCUT2D eigenvalue weighted by molar-refractivity contribution is 7.92. The summed E-state index contributed by atoms with van der Waals surface area (Å²) in [5, 5.41) is 4.36. The van der Waals surface area contributed by atoms with Crippen LogP contribution in [0.25, 0.3) is 11.0 Å². The average molecular weight is 329 g/mol. The molecule has 8 heteroatoms. The molecule has 0 aliphatic heterocycles. The molecule has 1 aliphatic carbocycles. The first-order valence-corrected chi connectivity index (χ1v) is 8.89. The van der Waals surface area contributed by atoms with Gasteiger partial charge in [-0.05, 0) is 43.5 Å². The molecule has 0 radical (unpaired) electrons. The minimum Gasteiger partial charge on any atom is -0.276 e. The van der Waals surface area contributed by atoms with Crippen LogP contribution in [0, 0.1) is 0 Å². The quantitative estimate of drug-likeness (QED) is 0.793. The summed E-state index contributed by atoms with van der Waals surface area (Å²) in [4.78, 5) is 8.41. The van der Waals surface area contributed by atoms with E-state index in [0.29, 0.717) is 16.7 Å². The van der Waals surface area contributed by atoms with Gasteiger partial charge in [0.25, 0.3) is 10.0 Å². The molecule has 4 rings (SSSR count). The Kier molecular flexibility index (Phi) is 3.26. The lowest BCUT2D eigenvalue weighted by molar-refractivity contribution is 0.271. The number of sulfonamides is 1. The number of rotatable bonds is 4. The van der Waals surface area contributed by atoms with Crippen LogP contribution in [0.4, 0.5) is 5.69 Å². The maximum Gasteiger partial charge on any atom is 0.279 e. The van der Waals surface area contributed by atoms with Crippen molar-refractivity contribution in [3.05, 3.63) is 42.9 Å². The van der Waals surface area contributed by atoms with E-state index in [0.717, 1.165) is 19.3 Å². The van der Waals surface area contributed by atoms with Crippen LogP contribution in [-0.4, -0.2) is 28.2 Å². The molecule has 3 aromatic heterocycles. The number of nitrogens with one attached hydrogen (secondary N) is 1. The van der Waals surface area contributed by atoms with E-state index < -0.39 is 10.0 Å². The van der Waals surface area contributed by atoms with Crippen molar-refractivity contribution in [2.75, 3.05) is 4.72 Å². The molecular weight excluding hydrogens is 314 g/mol. The molecule has 0 bridgehead atoms. The Hall–Kier alpha value is -2.48. The van der Waals surface area contributed by atoms with Crippen molar-refractivity contribution < 1.29 is 8.42 Å². The maximum absolute atomic E-state index is 12.8. The molecule has 0 saturated heterocycles. The third-order valence-corrected chi connectivity index (χ3v) is 5.43. The molecule has 3 heterocycles. The Morgan fingerprint density at radius 2 is 1.96 bits per heavy atom. The van der Waals surface area contributed by atoms with Crippen LogP contribution in [0.2, 0.25) is 0 Å². The van der Waals surface area contributed by atoms with Crippen LogP contribution in [0.3, 0.4) is 0 Å². The zero-order chi connectivity index (χ0) is 15.9. The van der Waals surface area contributed by atoms with Gasteiger partial charge in [0.15, 0.2) is 5.03 Å². The van der Waals surface area contributed by atoms with E-state index in [-0.39, 0.29) is 11.1 Å². The third-order valence-electron chi connectivity index (χ3n) is 4.07. The third kappa shape index (κ3) is 2.44. The van der Waals surface area contributed by atoms with E-state index in [1.807, 2.05) is 0 Å². The zero-order valence-electron chi connectivity index (χ0n) is 12.3. The van der Waals surface area contributed by atoms with Gasteiger partial charge in [-0.3, -0.25) is 14.7 Å². The maximum atomic E-state index is 12.8. The van der Waals surface area contributed by atoms with Crippen LogP contribution >= 0.6 is 0 Å². The number of hydrogen-bond donors (Lipinski definition) is 1. The molecular formula is C15H15N5O2S. The normalized spacial score (nSPS) is 15.5. The molecule has 118 valence electrons. The lowest BCUT2D eigenvalue weighted by Crippen LogP contribution is -2.24. The Balaban J connectivity index is 1.74. The summed E-state index contributed by atoms with van der Waals surface area (Å²) >= 11 is 0. The van der Waals surface area contributed by atoms with Crippen molar-refractivity contribution in [2.24, 2.45) is 0 Å². The molecule has 3 aromatic rings. The van der Waals surface area contributed by atoms with Gasteiger partial charge in [0, 0.05) is 12.4 Å².